The molecule has 0 saturated heterocycles. The monoisotopic (exact) mass is 606 g/mol. The molecule has 2 heterocycles. The van der Waals surface area contributed by atoms with Gasteiger partial charge in [-0.3, -0.25) is 0 Å². The summed E-state index contributed by atoms with van der Waals surface area (Å²) in [5.74, 6) is -4.14. The van der Waals surface area contributed by atoms with Crippen molar-refractivity contribution < 1.29 is 44.6 Å². The Hall–Kier alpha value is -4.62. The fourth-order valence-corrected chi connectivity index (χ4v) is 2.98. The molecule has 4 rings (SSSR count). The fourth-order valence-electron chi connectivity index (χ4n) is 2.98. The molecule has 2 aromatic heterocycles. The van der Waals surface area contributed by atoms with Crippen molar-refractivity contribution in [1.29, 1.82) is 5.26 Å². The number of nitrogens with two attached hydrogens (primary N) is 1. The molecule has 41 heavy (non-hydrogen) atoms. The fraction of sp³-hybridized carbons (Fsp3) is 0.125. The lowest BCUT2D eigenvalue weighted by molar-refractivity contribution is -0.276. The van der Waals surface area contributed by atoms with Gasteiger partial charge < -0.3 is 15.2 Å². The average molecular weight is 607 g/mol. The van der Waals surface area contributed by atoms with E-state index >= 15 is 0 Å². The summed E-state index contributed by atoms with van der Waals surface area (Å²) in [6, 6.07) is 10.5. The molecule has 8 nitrogen and oxygen atoms in total. The molecular formula is C24H15ClF8N6O2. The number of aromatic nitrogens is 4. The Labute approximate surface area is 231 Å². The van der Waals surface area contributed by atoms with Gasteiger partial charge in [-0.2, -0.15) is 5.26 Å². The quantitative estimate of drug-likeness (QED) is 0.270. The van der Waals surface area contributed by atoms with Crippen molar-refractivity contribution in [2.75, 3.05) is 0 Å². The molecule has 0 amide bonds. The van der Waals surface area contributed by atoms with Crippen molar-refractivity contribution in [1.82, 2.24) is 19.9 Å². The van der Waals surface area contributed by atoms with Gasteiger partial charge in [-0.15, -0.1) is 38.7 Å². The molecule has 0 atom stereocenters. The Morgan fingerprint density at radius 2 is 1.17 bits per heavy atom. The van der Waals surface area contributed by atoms with E-state index in [1.165, 1.54) is 30.6 Å². The third-order valence-electron chi connectivity index (χ3n) is 4.62. The van der Waals surface area contributed by atoms with Crippen LogP contribution in [0.5, 0.6) is 11.5 Å². The predicted molar refractivity (Wildman–Crippen MR) is 128 cm³/mol. The summed E-state index contributed by atoms with van der Waals surface area (Å²) in [4.78, 5) is 15.2. The molecule has 0 bridgehead atoms. The summed E-state index contributed by atoms with van der Waals surface area (Å²) in [5.41, 5.74) is 7.09. The van der Waals surface area contributed by atoms with Gasteiger partial charge in [0.15, 0.2) is 23.1 Å². The third-order valence-corrected chi connectivity index (χ3v) is 4.62. The molecule has 216 valence electrons. The van der Waals surface area contributed by atoms with Gasteiger partial charge in [0.2, 0.25) is 0 Å². The van der Waals surface area contributed by atoms with E-state index in [1.54, 1.807) is 6.07 Å². The highest BCUT2D eigenvalue weighted by atomic mass is 35.5. The molecule has 0 radical (unpaired) electrons. The number of nitriles is 1. The van der Waals surface area contributed by atoms with E-state index in [0.29, 0.717) is 17.0 Å². The highest BCUT2D eigenvalue weighted by Crippen LogP contribution is 2.30. The molecule has 0 aliphatic rings. The number of hydrogen-bond acceptors (Lipinski definition) is 8. The normalized spacial score (nSPS) is 10.9. The van der Waals surface area contributed by atoms with Crippen LogP contribution in [-0.2, 0) is 6.54 Å². The summed E-state index contributed by atoms with van der Waals surface area (Å²) >= 11 is 0. The topological polar surface area (TPSA) is 120 Å². The average Bonchev–Trinajstić information content (AvgIpc) is 2.90. The van der Waals surface area contributed by atoms with Crippen LogP contribution in [0.2, 0.25) is 0 Å². The van der Waals surface area contributed by atoms with Crippen LogP contribution in [0.25, 0.3) is 22.5 Å². The van der Waals surface area contributed by atoms with Gasteiger partial charge in [-0.05, 0) is 42.5 Å². The minimum Gasteiger partial charge on any atom is -0.403 e. The van der Waals surface area contributed by atoms with Crippen LogP contribution in [0.4, 0.5) is 35.1 Å². The van der Waals surface area contributed by atoms with Crippen molar-refractivity contribution in [2.24, 2.45) is 5.73 Å². The van der Waals surface area contributed by atoms with Crippen molar-refractivity contribution in [3.05, 3.63) is 84.2 Å². The Bertz CT molecular complexity index is 1530. The van der Waals surface area contributed by atoms with E-state index in [2.05, 4.69) is 29.4 Å². The van der Waals surface area contributed by atoms with Gasteiger partial charge in [-0.25, -0.2) is 28.7 Å². The summed E-state index contributed by atoms with van der Waals surface area (Å²) in [5, 5.41) is 8.68. The van der Waals surface area contributed by atoms with Crippen LogP contribution in [0, 0.1) is 23.0 Å². The molecule has 0 aliphatic heterocycles. The smallest absolute Gasteiger partial charge is 0.403 e. The lowest BCUT2D eigenvalue weighted by atomic mass is 10.1. The molecule has 0 fully saturated rings. The first-order valence-electron chi connectivity index (χ1n) is 10.6. The van der Waals surface area contributed by atoms with Gasteiger partial charge in [0.1, 0.15) is 24.4 Å². The van der Waals surface area contributed by atoms with Crippen molar-refractivity contribution in [2.45, 2.75) is 19.3 Å². The number of halogens is 9. The second-order valence-electron chi connectivity index (χ2n) is 7.39. The van der Waals surface area contributed by atoms with Gasteiger partial charge in [0.25, 0.3) is 0 Å². The van der Waals surface area contributed by atoms with Gasteiger partial charge in [0.05, 0.1) is 17.1 Å². The number of alkyl halides is 6. The second-order valence-corrected chi connectivity index (χ2v) is 7.39. The molecule has 0 saturated carbocycles. The highest BCUT2D eigenvalue weighted by molar-refractivity contribution is 5.85. The number of benzene rings is 2. The molecule has 2 N–H and O–H groups in total. The minimum atomic E-state index is -4.97. The Morgan fingerprint density at radius 1 is 0.707 bits per heavy atom. The molecule has 17 heteroatoms. The highest BCUT2D eigenvalue weighted by Gasteiger charge is 2.33. The minimum absolute atomic E-state index is 0. The van der Waals surface area contributed by atoms with Crippen molar-refractivity contribution in [3.63, 3.8) is 0 Å². The van der Waals surface area contributed by atoms with E-state index in [0.717, 1.165) is 30.6 Å². The number of hydrogen-bond donors (Lipinski definition) is 1. The standard InChI is InChI=1S/C12H9F4N3O.C12H5F4N3O.ClH/c2*13-9-3-7(1-2-11(9)20-12(14,15)16)10-4-8(5-17)18-6-19-10;/h1-4,6H,5,17H2;1-4,6H;1H. The van der Waals surface area contributed by atoms with Crippen molar-refractivity contribution in [3.8, 4) is 40.1 Å². The predicted octanol–water partition coefficient (Wildman–Crippen LogP) is 6.11. The molecule has 2 aromatic carbocycles. The maximum Gasteiger partial charge on any atom is 0.573 e. The zero-order chi connectivity index (χ0) is 29.5. The molecule has 0 spiro atoms. The first kappa shape index (κ1) is 32.6. The zero-order valence-corrected chi connectivity index (χ0v) is 20.9. The van der Waals surface area contributed by atoms with E-state index in [1.807, 2.05) is 0 Å². The molecule has 0 aliphatic carbocycles. The summed E-state index contributed by atoms with van der Waals surface area (Å²) in [6.45, 7) is 0.174. The van der Waals surface area contributed by atoms with Crippen LogP contribution < -0.4 is 15.2 Å². The largest absolute Gasteiger partial charge is 0.573 e. The van der Waals surface area contributed by atoms with E-state index < -0.39 is 35.9 Å². The maximum atomic E-state index is 13.6. The second kappa shape index (κ2) is 13.6. The van der Waals surface area contributed by atoms with Gasteiger partial charge in [0, 0.05) is 23.7 Å². The zero-order valence-electron chi connectivity index (χ0n) is 20.0. The Kier molecular flexibility index (Phi) is 10.8. The van der Waals surface area contributed by atoms with Gasteiger partial charge in [-0.1, -0.05) is 0 Å². The number of ether oxygens (including phenoxy) is 2. The Balaban J connectivity index is 0.000000280. The van der Waals surface area contributed by atoms with Crippen LogP contribution in [0.3, 0.4) is 0 Å². The van der Waals surface area contributed by atoms with E-state index in [4.69, 9.17) is 11.0 Å². The first-order valence-corrected chi connectivity index (χ1v) is 10.6. The first-order chi connectivity index (χ1) is 18.8. The van der Waals surface area contributed by atoms with Crippen LogP contribution in [-0.4, -0.2) is 32.7 Å². The SMILES string of the molecule is Cl.N#Cc1cc(-c2ccc(OC(F)(F)F)c(F)c2)ncn1.NCc1cc(-c2ccc(OC(F)(F)F)c(F)c2)ncn1. The Morgan fingerprint density at radius 3 is 1.59 bits per heavy atom. The summed E-state index contributed by atoms with van der Waals surface area (Å²) < 4.78 is 106. The lowest BCUT2D eigenvalue weighted by Crippen LogP contribution is -2.17. The lowest BCUT2D eigenvalue weighted by Gasteiger charge is -2.10. The van der Waals surface area contributed by atoms with E-state index in [-0.39, 0.29) is 35.9 Å². The van der Waals surface area contributed by atoms with Crippen LogP contribution >= 0.6 is 12.4 Å². The molecule has 4 aromatic rings. The molecular weight excluding hydrogens is 592 g/mol. The number of rotatable bonds is 5. The van der Waals surface area contributed by atoms with E-state index in [9.17, 15) is 35.1 Å². The van der Waals surface area contributed by atoms with Gasteiger partial charge >= 0.3 is 12.7 Å². The third kappa shape index (κ3) is 9.81. The summed E-state index contributed by atoms with van der Waals surface area (Å²) in [6.07, 6.45) is -7.56. The molecule has 0 unspecified atom stereocenters. The van der Waals surface area contributed by atoms with Crippen LogP contribution in [0.1, 0.15) is 11.4 Å². The van der Waals surface area contributed by atoms with Crippen LogP contribution in [0.15, 0.2) is 61.2 Å². The number of nitrogens with zero attached hydrogens (tertiary/aromatic N) is 5. The summed E-state index contributed by atoms with van der Waals surface area (Å²) in [7, 11) is 0. The maximum absolute atomic E-state index is 13.6. The van der Waals surface area contributed by atoms with Crippen molar-refractivity contribution >= 4 is 12.4 Å².